The highest BCUT2D eigenvalue weighted by molar-refractivity contribution is 7.99. The topological polar surface area (TPSA) is 68.2 Å². The first-order valence-electron chi connectivity index (χ1n) is 12.1. The Kier molecular flexibility index (Phi) is 7.06. The Labute approximate surface area is 210 Å². The highest BCUT2D eigenvalue weighted by atomic mass is 32.2. The number of nitrogens with one attached hydrogen (secondary N) is 1. The lowest BCUT2D eigenvalue weighted by atomic mass is 10.1. The number of benzene rings is 3. The van der Waals surface area contributed by atoms with Gasteiger partial charge < -0.3 is 15.3 Å². The largest absolute Gasteiger partial charge is 0.508 e. The molecular weight excluding hydrogens is 456 g/mol. The Morgan fingerprint density at radius 2 is 1.83 bits per heavy atom. The van der Waals surface area contributed by atoms with Gasteiger partial charge in [-0.25, -0.2) is 0 Å². The van der Waals surface area contributed by atoms with Crippen molar-refractivity contribution < 1.29 is 9.90 Å². The Hall–Kier alpha value is -3.29. The molecule has 0 aliphatic carbocycles. The maximum Gasteiger partial charge on any atom is 0.251 e. The summed E-state index contributed by atoms with van der Waals surface area (Å²) < 4.78 is 0. The molecule has 1 fully saturated rings. The smallest absolute Gasteiger partial charge is 0.251 e. The van der Waals surface area contributed by atoms with Crippen LogP contribution in [-0.4, -0.2) is 60.9 Å². The summed E-state index contributed by atoms with van der Waals surface area (Å²) in [6.07, 6.45) is 0.839. The first-order chi connectivity index (χ1) is 17.1. The number of piperazine rings is 1. The fourth-order valence-electron chi connectivity index (χ4n) is 4.57. The molecule has 3 aromatic carbocycles. The van der Waals surface area contributed by atoms with Gasteiger partial charge in [-0.15, -0.1) is 0 Å². The summed E-state index contributed by atoms with van der Waals surface area (Å²) in [5.41, 5.74) is 4.78. The second-order valence-electron chi connectivity index (χ2n) is 8.80. The van der Waals surface area contributed by atoms with Gasteiger partial charge in [0.1, 0.15) is 5.75 Å². The minimum atomic E-state index is -0.0637. The molecule has 2 heterocycles. The first-order valence-corrected chi connectivity index (χ1v) is 13.0. The predicted molar refractivity (Wildman–Crippen MR) is 143 cm³/mol. The molecule has 0 unspecified atom stereocenters. The maximum absolute atomic E-state index is 12.9. The van der Waals surface area contributed by atoms with Crippen LogP contribution in [0.15, 0.2) is 81.5 Å². The summed E-state index contributed by atoms with van der Waals surface area (Å²) in [5, 5.41) is 12.8. The van der Waals surface area contributed by atoms with Crippen LogP contribution in [0.4, 0.5) is 11.4 Å². The van der Waals surface area contributed by atoms with E-state index in [9.17, 15) is 9.90 Å². The summed E-state index contributed by atoms with van der Waals surface area (Å²) in [6.45, 7) is 7.19. The molecule has 1 saturated heterocycles. The number of hydrogen-bond donors (Lipinski definition) is 2. The molecule has 2 N–H and O–H groups in total. The molecule has 0 atom stereocenters. The van der Waals surface area contributed by atoms with E-state index in [0.29, 0.717) is 17.9 Å². The van der Waals surface area contributed by atoms with E-state index in [1.54, 1.807) is 23.9 Å². The van der Waals surface area contributed by atoms with Crippen LogP contribution in [0.5, 0.6) is 5.75 Å². The molecule has 3 aromatic rings. The number of anilines is 1. The number of fused-ring (bicyclic) bond motifs is 2. The second kappa shape index (κ2) is 10.5. The van der Waals surface area contributed by atoms with E-state index < -0.39 is 0 Å². The Morgan fingerprint density at radius 3 is 2.63 bits per heavy atom. The lowest BCUT2D eigenvalue weighted by molar-refractivity contribution is 0.0947. The van der Waals surface area contributed by atoms with Gasteiger partial charge in [0, 0.05) is 77.7 Å². The third kappa shape index (κ3) is 5.36. The summed E-state index contributed by atoms with van der Waals surface area (Å²) in [5.74, 6) is 0.233. The molecule has 0 saturated carbocycles. The first kappa shape index (κ1) is 23.5. The number of phenols is 1. The molecule has 7 heteroatoms. The predicted octanol–water partition coefficient (Wildman–Crippen LogP) is 4.94. The molecule has 180 valence electrons. The maximum atomic E-state index is 12.9. The van der Waals surface area contributed by atoms with Crippen LogP contribution in [0.2, 0.25) is 0 Å². The van der Waals surface area contributed by atoms with E-state index in [-0.39, 0.29) is 5.91 Å². The van der Waals surface area contributed by atoms with Crippen molar-refractivity contribution in [3.8, 4) is 5.75 Å². The number of carbonyl (C=O) groups is 1. The highest BCUT2D eigenvalue weighted by Gasteiger charge is 2.19. The molecule has 2 aliphatic heterocycles. The van der Waals surface area contributed by atoms with Gasteiger partial charge in [0.2, 0.25) is 0 Å². The standard InChI is InChI=1S/C28H30N4O2S/c1-2-24-23-8-3-4-9-26(23)35-27-11-10-20(18-25(27)30-24)28(34)29-12-13-31-14-16-32(17-15-31)21-6-5-7-22(33)19-21/h3-11,18-19,33H,2,12-17H2,1H3,(H,29,34). The van der Waals surface area contributed by atoms with Crippen molar-refractivity contribution in [3.63, 3.8) is 0 Å². The third-order valence-corrected chi connectivity index (χ3v) is 7.65. The molecule has 0 aromatic heterocycles. The van der Waals surface area contributed by atoms with Gasteiger partial charge in [0.15, 0.2) is 0 Å². The SMILES string of the molecule is CCC1=Nc2cc(C(=O)NCCN3CCN(c4cccc(O)c4)CC3)ccc2Sc2ccccc21. The Morgan fingerprint density at radius 1 is 1.00 bits per heavy atom. The summed E-state index contributed by atoms with van der Waals surface area (Å²) >= 11 is 1.71. The zero-order valence-corrected chi connectivity index (χ0v) is 20.7. The molecule has 6 nitrogen and oxygen atoms in total. The fraction of sp³-hybridized carbons (Fsp3) is 0.286. The molecule has 0 bridgehead atoms. The van der Waals surface area contributed by atoms with Gasteiger partial charge >= 0.3 is 0 Å². The Balaban J connectivity index is 1.17. The van der Waals surface area contributed by atoms with Gasteiger partial charge in [-0.2, -0.15) is 0 Å². The minimum Gasteiger partial charge on any atom is -0.508 e. The average molecular weight is 487 g/mol. The Bertz CT molecular complexity index is 1250. The molecule has 35 heavy (non-hydrogen) atoms. The van der Waals surface area contributed by atoms with Crippen molar-refractivity contribution >= 4 is 34.8 Å². The quantitative estimate of drug-likeness (QED) is 0.517. The van der Waals surface area contributed by atoms with E-state index in [2.05, 4.69) is 40.2 Å². The van der Waals surface area contributed by atoms with E-state index >= 15 is 0 Å². The molecule has 5 rings (SSSR count). The number of phenolic OH excluding ortho intramolecular Hbond substituents is 1. The minimum absolute atomic E-state index is 0.0637. The molecule has 1 amide bonds. The van der Waals surface area contributed by atoms with Crippen LogP contribution >= 0.6 is 11.8 Å². The van der Waals surface area contributed by atoms with E-state index in [4.69, 9.17) is 4.99 Å². The molecule has 0 spiro atoms. The summed E-state index contributed by atoms with van der Waals surface area (Å²) in [4.78, 5) is 24.7. The second-order valence-corrected chi connectivity index (χ2v) is 9.88. The van der Waals surface area contributed by atoms with Crippen molar-refractivity contribution in [2.24, 2.45) is 4.99 Å². The lowest BCUT2D eigenvalue weighted by Crippen LogP contribution is -2.48. The normalized spacial score (nSPS) is 15.6. The van der Waals surface area contributed by atoms with Crippen LogP contribution in [0.1, 0.15) is 29.3 Å². The number of aliphatic imine (C=N–C) groups is 1. The van der Waals surface area contributed by atoms with Crippen LogP contribution in [0.25, 0.3) is 0 Å². The number of hydrogen-bond acceptors (Lipinski definition) is 6. The third-order valence-electron chi connectivity index (χ3n) is 6.51. The molecule has 2 aliphatic rings. The van der Waals surface area contributed by atoms with E-state index in [0.717, 1.165) is 61.1 Å². The number of amides is 1. The number of carbonyl (C=O) groups excluding carboxylic acids is 1. The number of aromatic hydroxyl groups is 1. The van der Waals surface area contributed by atoms with Gasteiger partial charge in [-0.05, 0) is 42.8 Å². The van der Waals surface area contributed by atoms with Gasteiger partial charge in [-0.3, -0.25) is 14.7 Å². The van der Waals surface area contributed by atoms with E-state index in [1.807, 2.05) is 36.4 Å². The van der Waals surface area contributed by atoms with Crippen molar-refractivity contribution in [1.29, 1.82) is 0 Å². The summed E-state index contributed by atoms with van der Waals surface area (Å²) in [7, 11) is 0. The van der Waals surface area contributed by atoms with Crippen LogP contribution in [0.3, 0.4) is 0 Å². The molecule has 0 radical (unpaired) electrons. The monoisotopic (exact) mass is 486 g/mol. The zero-order chi connectivity index (χ0) is 24.2. The van der Waals surface area contributed by atoms with Crippen molar-refractivity contribution in [2.45, 2.75) is 23.1 Å². The zero-order valence-electron chi connectivity index (χ0n) is 19.9. The number of nitrogens with zero attached hydrogens (tertiary/aromatic N) is 3. The highest BCUT2D eigenvalue weighted by Crippen LogP contribution is 2.41. The van der Waals surface area contributed by atoms with Crippen molar-refractivity contribution in [1.82, 2.24) is 10.2 Å². The van der Waals surface area contributed by atoms with Crippen molar-refractivity contribution in [3.05, 3.63) is 77.9 Å². The average Bonchev–Trinajstić information content (AvgIpc) is 3.05. The summed E-state index contributed by atoms with van der Waals surface area (Å²) in [6, 6.07) is 21.6. The van der Waals surface area contributed by atoms with Gasteiger partial charge in [-0.1, -0.05) is 43.0 Å². The molecular formula is C28H30N4O2S. The van der Waals surface area contributed by atoms with Crippen LogP contribution in [0, 0.1) is 0 Å². The van der Waals surface area contributed by atoms with Gasteiger partial charge in [0.25, 0.3) is 5.91 Å². The van der Waals surface area contributed by atoms with E-state index in [1.165, 1.54) is 10.5 Å². The number of rotatable bonds is 6. The van der Waals surface area contributed by atoms with Crippen LogP contribution < -0.4 is 10.2 Å². The van der Waals surface area contributed by atoms with Crippen LogP contribution in [-0.2, 0) is 0 Å². The fourth-order valence-corrected chi connectivity index (χ4v) is 5.59. The van der Waals surface area contributed by atoms with Gasteiger partial charge in [0.05, 0.1) is 5.69 Å². The van der Waals surface area contributed by atoms with Crippen molar-refractivity contribution in [2.75, 3.05) is 44.2 Å². The lowest BCUT2D eigenvalue weighted by Gasteiger charge is -2.36.